The summed E-state index contributed by atoms with van der Waals surface area (Å²) < 4.78 is 5.24. The minimum absolute atomic E-state index is 0.236. The molecule has 16 heavy (non-hydrogen) atoms. The molecule has 1 fully saturated rings. The molecule has 0 bridgehead atoms. The van der Waals surface area contributed by atoms with Crippen LogP contribution in [0.2, 0.25) is 0 Å². The third kappa shape index (κ3) is 2.64. The van der Waals surface area contributed by atoms with Crippen LogP contribution >= 0.6 is 0 Å². The Morgan fingerprint density at radius 1 is 1.69 bits per heavy atom. The normalized spacial score (nSPS) is 22.2. The van der Waals surface area contributed by atoms with Gasteiger partial charge in [-0.25, -0.2) is 4.79 Å². The summed E-state index contributed by atoms with van der Waals surface area (Å²) in [6.07, 6.45) is 3.81. The number of likely N-dealkylation sites (tertiary alicyclic amines) is 1. The van der Waals surface area contributed by atoms with Gasteiger partial charge in [-0.15, -0.1) is 0 Å². The maximum absolute atomic E-state index is 10.7. The number of furan rings is 1. The second-order valence-electron chi connectivity index (χ2n) is 4.59. The van der Waals surface area contributed by atoms with Crippen LogP contribution in [0.15, 0.2) is 16.7 Å². The van der Waals surface area contributed by atoms with Gasteiger partial charge in [0, 0.05) is 6.54 Å². The van der Waals surface area contributed by atoms with Crippen molar-refractivity contribution in [2.45, 2.75) is 26.3 Å². The highest BCUT2D eigenvalue weighted by atomic mass is 16.4. The molecule has 1 aromatic rings. The lowest BCUT2D eigenvalue weighted by molar-refractivity contribution is 0.0696. The molecular weight excluding hydrogens is 206 g/mol. The van der Waals surface area contributed by atoms with Crippen molar-refractivity contribution < 1.29 is 14.3 Å². The average molecular weight is 223 g/mol. The molecule has 1 saturated heterocycles. The Bertz CT molecular complexity index is 372. The smallest absolute Gasteiger partial charge is 0.338 e. The zero-order valence-electron chi connectivity index (χ0n) is 9.48. The Morgan fingerprint density at radius 2 is 2.50 bits per heavy atom. The largest absolute Gasteiger partial charge is 0.478 e. The van der Waals surface area contributed by atoms with Crippen LogP contribution in [0.4, 0.5) is 0 Å². The predicted molar refractivity (Wildman–Crippen MR) is 59.3 cm³/mol. The van der Waals surface area contributed by atoms with Crippen LogP contribution in [-0.2, 0) is 6.54 Å². The van der Waals surface area contributed by atoms with Gasteiger partial charge in [-0.05, 0) is 31.4 Å². The number of rotatable bonds is 3. The van der Waals surface area contributed by atoms with Gasteiger partial charge >= 0.3 is 5.97 Å². The summed E-state index contributed by atoms with van der Waals surface area (Å²) in [6.45, 7) is 5.12. The van der Waals surface area contributed by atoms with Crippen molar-refractivity contribution in [2.24, 2.45) is 5.92 Å². The van der Waals surface area contributed by atoms with E-state index in [0.717, 1.165) is 31.3 Å². The molecule has 1 N–H and O–H groups in total. The number of carbonyl (C=O) groups is 1. The van der Waals surface area contributed by atoms with E-state index in [-0.39, 0.29) is 5.56 Å². The van der Waals surface area contributed by atoms with Crippen LogP contribution in [0.5, 0.6) is 0 Å². The fraction of sp³-hybridized carbons (Fsp3) is 0.583. The van der Waals surface area contributed by atoms with Crippen molar-refractivity contribution in [2.75, 3.05) is 13.1 Å². The van der Waals surface area contributed by atoms with Gasteiger partial charge in [-0.1, -0.05) is 6.92 Å². The molecule has 1 aromatic heterocycles. The van der Waals surface area contributed by atoms with Gasteiger partial charge in [0.15, 0.2) is 0 Å². The molecule has 1 aliphatic heterocycles. The number of hydrogen-bond donors (Lipinski definition) is 1. The number of carboxylic acid groups (broad SMARTS) is 1. The Kier molecular flexibility index (Phi) is 3.29. The summed E-state index contributed by atoms with van der Waals surface area (Å²) >= 11 is 0. The highest BCUT2D eigenvalue weighted by Gasteiger charge is 2.18. The van der Waals surface area contributed by atoms with Gasteiger partial charge in [-0.3, -0.25) is 4.90 Å². The molecule has 0 saturated carbocycles. The summed E-state index contributed by atoms with van der Waals surface area (Å²) in [5.74, 6) is 0.538. The molecule has 0 aliphatic carbocycles. The first-order chi connectivity index (χ1) is 7.65. The third-order valence-electron chi connectivity index (χ3n) is 3.02. The molecule has 0 spiro atoms. The standard InChI is InChI=1S/C12H17NO3/c1-9-3-2-4-13(6-9)7-11-5-10(8-16-11)12(14)15/h5,8-9H,2-4,6-7H2,1H3,(H,14,15). The summed E-state index contributed by atoms with van der Waals surface area (Å²) in [5.41, 5.74) is 0.236. The maximum atomic E-state index is 10.7. The van der Waals surface area contributed by atoms with Crippen LogP contribution in [0.3, 0.4) is 0 Å². The topological polar surface area (TPSA) is 53.7 Å². The molecule has 4 heteroatoms. The molecule has 0 aromatic carbocycles. The van der Waals surface area contributed by atoms with Crippen LogP contribution in [0.1, 0.15) is 35.9 Å². The lowest BCUT2D eigenvalue weighted by Crippen LogP contribution is -2.33. The monoisotopic (exact) mass is 223 g/mol. The SMILES string of the molecule is CC1CCCN(Cc2cc(C(=O)O)co2)C1. The molecule has 88 valence electrons. The number of nitrogens with zero attached hydrogens (tertiary/aromatic N) is 1. The quantitative estimate of drug-likeness (QED) is 0.853. The van der Waals surface area contributed by atoms with Crippen LogP contribution in [0.25, 0.3) is 0 Å². The summed E-state index contributed by atoms with van der Waals surface area (Å²) in [4.78, 5) is 13.0. The number of piperidine rings is 1. The zero-order valence-corrected chi connectivity index (χ0v) is 9.48. The van der Waals surface area contributed by atoms with Gasteiger partial charge in [0.1, 0.15) is 12.0 Å². The first-order valence-electron chi connectivity index (χ1n) is 5.68. The average Bonchev–Trinajstić information content (AvgIpc) is 2.66. The zero-order chi connectivity index (χ0) is 11.5. The van der Waals surface area contributed by atoms with Crippen molar-refractivity contribution in [1.29, 1.82) is 0 Å². The molecule has 0 amide bonds. The summed E-state index contributed by atoms with van der Waals surface area (Å²) in [7, 11) is 0. The van der Waals surface area contributed by atoms with Gasteiger partial charge < -0.3 is 9.52 Å². The fourth-order valence-electron chi connectivity index (χ4n) is 2.23. The molecular formula is C12H17NO3. The van der Waals surface area contributed by atoms with E-state index < -0.39 is 5.97 Å². The molecule has 0 radical (unpaired) electrons. The Labute approximate surface area is 94.9 Å². The second-order valence-corrected chi connectivity index (χ2v) is 4.59. The molecule has 1 atom stereocenters. The highest BCUT2D eigenvalue weighted by Crippen LogP contribution is 2.18. The fourth-order valence-corrected chi connectivity index (χ4v) is 2.23. The molecule has 4 nitrogen and oxygen atoms in total. The number of hydrogen-bond acceptors (Lipinski definition) is 3. The van der Waals surface area contributed by atoms with E-state index >= 15 is 0 Å². The van der Waals surface area contributed by atoms with Gasteiger partial charge in [0.05, 0.1) is 12.1 Å². The van der Waals surface area contributed by atoms with Crippen molar-refractivity contribution in [3.63, 3.8) is 0 Å². The molecule has 1 aliphatic rings. The molecule has 2 rings (SSSR count). The van der Waals surface area contributed by atoms with Crippen LogP contribution in [-0.4, -0.2) is 29.1 Å². The van der Waals surface area contributed by atoms with E-state index in [2.05, 4.69) is 11.8 Å². The molecule has 1 unspecified atom stereocenters. The van der Waals surface area contributed by atoms with E-state index in [1.54, 1.807) is 6.07 Å². The van der Waals surface area contributed by atoms with Crippen molar-refractivity contribution >= 4 is 5.97 Å². The van der Waals surface area contributed by atoms with Crippen molar-refractivity contribution in [3.05, 3.63) is 23.7 Å². The van der Waals surface area contributed by atoms with Gasteiger partial charge in [-0.2, -0.15) is 0 Å². The lowest BCUT2D eigenvalue weighted by atomic mass is 10.0. The minimum Gasteiger partial charge on any atom is -0.478 e. The van der Waals surface area contributed by atoms with E-state index in [9.17, 15) is 4.79 Å². The Morgan fingerprint density at radius 3 is 3.12 bits per heavy atom. The predicted octanol–water partition coefficient (Wildman–Crippen LogP) is 2.21. The Balaban J connectivity index is 1.95. The van der Waals surface area contributed by atoms with Crippen LogP contribution in [0, 0.1) is 5.92 Å². The van der Waals surface area contributed by atoms with Gasteiger partial charge in [0.2, 0.25) is 0 Å². The van der Waals surface area contributed by atoms with E-state index in [0.29, 0.717) is 0 Å². The van der Waals surface area contributed by atoms with Crippen molar-refractivity contribution in [3.8, 4) is 0 Å². The second kappa shape index (κ2) is 4.70. The van der Waals surface area contributed by atoms with Crippen LogP contribution < -0.4 is 0 Å². The highest BCUT2D eigenvalue weighted by molar-refractivity contribution is 5.87. The van der Waals surface area contributed by atoms with E-state index in [1.165, 1.54) is 19.1 Å². The van der Waals surface area contributed by atoms with Gasteiger partial charge in [0.25, 0.3) is 0 Å². The number of aromatic carboxylic acids is 1. The minimum atomic E-state index is -0.929. The van der Waals surface area contributed by atoms with E-state index in [1.807, 2.05) is 0 Å². The van der Waals surface area contributed by atoms with Crippen molar-refractivity contribution in [1.82, 2.24) is 4.90 Å². The first-order valence-corrected chi connectivity index (χ1v) is 5.68. The third-order valence-corrected chi connectivity index (χ3v) is 3.02. The molecule has 2 heterocycles. The Hall–Kier alpha value is -1.29. The maximum Gasteiger partial charge on any atom is 0.338 e. The summed E-state index contributed by atoms with van der Waals surface area (Å²) in [5, 5.41) is 8.77. The number of carboxylic acids is 1. The lowest BCUT2D eigenvalue weighted by Gasteiger charge is -2.29. The van der Waals surface area contributed by atoms with E-state index in [4.69, 9.17) is 9.52 Å². The first kappa shape index (κ1) is 11.2. The summed E-state index contributed by atoms with van der Waals surface area (Å²) in [6, 6.07) is 1.61.